The lowest BCUT2D eigenvalue weighted by atomic mass is 10.1. The average Bonchev–Trinajstić information content (AvgIpc) is 2.41. The predicted octanol–water partition coefficient (Wildman–Crippen LogP) is 3.34. The van der Waals surface area contributed by atoms with E-state index in [9.17, 15) is 9.18 Å². The number of ether oxygens (including phenoxy) is 1. The first-order chi connectivity index (χ1) is 10.3. The molecule has 22 heavy (non-hydrogen) atoms. The van der Waals surface area contributed by atoms with Crippen molar-refractivity contribution in [1.29, 1.82) is 0 Å². The summed E-state index contributed by atoms with van der Waals surface area (Å²) in [6.45, 7) is 7.20. The number of hydrogen-bond donors (Lipinski definition) is 3. The third kappa shape index (κ3) is 5.18. The summed E-state index contributed by atoms with van der Waals surface area (Å²) in [6, 6.07) is 4.91. The van der Waals surface area contributed by atoms with Crippen LogP contribution in [0.4, 0.5) is 20.6 Å². The Morgan fingerprint density at radius 2 is 2.18 bits per heavy atom. The lowest BCUT2D eigenvalue weighted by Gasteiger charge is -2.25. The second-order valence-corrected chi connectivity index (χ2v) is 6.51. The number of benzene rings is 1. The van der Waals surface area contributed by atoms with Crippen molar-refractivity contribution in [2.45, 2.75) is 45.3 Å². The molecule has 0 saturated carbocycles. The Balaban J connectivity index is 2.01. The molecule has 6 heteroatoms. The van der Waals surface area contributed by atoms with Crippen LogP contribution in [-0.2, 0) is 4.74 Å². The van der Waals surface area contributed by atoms with Crippen molar-refractivity contribution < 1.29 is 13.9 Å². The standard InChI is InChI=1S/C16H24FN3O2/c1-16(2,3)22-15(21)20-14-9-11(6-7-13(14)17)19-12-5-4-8-18-10-12/h6-7,9,12,18-19H,4-5,8,10H2,1-3H3,(H,20,21). The highest BCUT2D eigenvalue weighted by Crippen LogP contribution is 2.22. The van der Waals surface area contributed by atoms with Gasteiger partial charge in [-0.3, -0.25) is 5.32 Å². The zero-order valence-electron chi connectivity index (χ0n) is 13.3. The summed E-state index contributed by atoms with van der Waals surface area (Å²) < 4.78 is 19.0. The molecule has 1 saturated heterocycles. The molecular formula is C16H24FN3O2. The normalized spacial score (nSPS) is 18.6. The summed E-state index contributed by atoms with van der Waals surface area (Å²) in [4.78, 5) is 11.8. The van der Waals surface area contributed by atoms with E-state index in [0.717, 1.165) is 31.6 Å². The molecule has 2 rings (SSSR count). The first-order valence-corrected chi connectivity index (χ1v) is 7.60. The van der Waals surface area contributed by atoms with Crippen molar-refractivity contribution in [3.05, 3.63) is 24.0 Å². The first-order valence-electron chi connectivity index (χ1n) is 7.60. The van der Waals surface area contributed by atoms with Gasteiger partial charge < -0.3 is 15.4 Å². The van der Waals surface area contributed by atoms with Gasteiger partial charge in [-0.05, 0) is 58.4 Å². The molecule has 5 nitrogen and oxygen atoms in total. The molecule has 1 fully saturated rings. The number of nitrogens with one attached hydrogen (secondary N) is 3. The quantitative estimate of drug-likeness (QED) is 0.801. The molecule has 0 spiro atoms. The molecular weight excluding hydrogens is 285 g/mol. The summed E-state index contributed by atoms with van der Waals surface area (Å²) in [6.07, 6.45) is 1.52. The van der Waals surface area contributed by atoms with Crippen molar-refractivity contribution in [3.63, 3.8) is 0 Å². The van der Waals surface area contributed by atoms with E-state index in [4.69, 9.17) is 4.74 Å². The van der Waals surface area contributed by atoms with E-state index in [1.807, 2.05) is 0 Å². The van der Waals surface area contributed by atoms with E-state index in [0.29, 0.717) is 6.04 Å². The van der Waals surface area contributed by atoms with Crippen LogP contribution < -0.4 is 16.0 Å². The van der Waals surface area contributed by atoms with Gasteiger partial charge in [0.15, 0.2) is 0 Å². The number of amides is 1. The highest BCUT2D eigenvalue weighted by atomic mass is 19.1. The molecule has 0 aromatic heterocycles. The van der Waals surface area contributed by atoms with Crippen molar-refractivity contribution in [1.82, 2.24) is 5.32 Å². The zero-order chi connectivity index (χ0) is 16.2. The molecule has 1 amide bonds. The third-order valence-corrected chi connectivity index (χ3v) is 3.27. The van der Waals surface area contributed by atoms with E-state index < -0.39 is 17.5 Å². The molecule has 0 radical (unpaired) electrons. The summed E-state index contributed by atoms with van der Waals surface area (Å²) in [5, 5.41) is 9.11. The maximum Gasteiger partial charge on any atom is 0.412 e. The third-order valence-electron chi connectivity index (χ3n) is 3.27. The largest absolute Gasteiger partial charge is 0.444 e. The second-order valence-electron chi connectivity index (χ2n) is 6.51. The second kappa shape index (κ2) is 6.96. The number of rotatable bonds is 3. The highest BCUT2D eigenvalue weighted by Gasteiger charge is 2.18. The monoisotopic (exact) mass is 309 g/mol. The fourth-order valence-electron chi connectivity index (χ4n) is 2.34. The Morgan fingerprint density at radius 1 is 1.41 bits per heavy atom. The van der Waals surface area contributed by atoms with Gasteiger partial charge in [0.05, 0.1) is 5.69 Å². The van der Waals surface area contributed by atoms with Gasteiger partial charge in [0.2, 0.25) is 0 Å². The van der Waals surface area contributed by atoms with Gasteiger partial charge in [0, 0.05) is 18.3 Å². The van der Waals surface area contributed by atoms with Crippen LogP contribution in [0.15, 0.2) is 18.2 Å². The fourth-order valence-corrected chi connectivity index (χ4v) is 2.34. The molecule has 1 aromatic carbocycles. The van der Waals surface area contributed by atoms with Crippen LogP contribution in [0, 0.1) is 5.82 Å². The number of carbonyl (C=O) groups excluding carboxylic acids is 1. The summed E-state index contributed by atoms with van der Waals surface area (Å²) in [7, 11) is 0. The maximum absolute atomic E-state index is 13.8. The van der Waals surface area contributed by atoms with Crippen LogP contribution >= 0.6 is 0 Å². The molecule has 122 valence electrons. The van der Waals surface area contributed by atoms with Crippen LogP contribution in [0.25, 0.3) is 0 Å². The topological polar surface area (TPSA) is 62.4 Å². The van der Waals surface area contributed by atoms with Gasteiger partial charge >= 0.3 is 6.09 Å². The SMILES string of the molecule is CC(C)(C)OC(=O)Nc1cc(NC2CCCNC2)ccc1F. The lowest BCUT2D eigenvalue weighted by Crippen LogP contribution is -2.38. The van der Waals surface area contributed by atoms with E-state index in [1.165, 1.54) is 6.07 Å². The number of piperidine rings is 1. The number of carbonyl (C=O) groups is 1. The van der Waals surface area contributed by atoms with Crippen molar-refractivity contribution in [3.8, 4) is 0 Å². The molecule has 0 aliphatic carbocycles. The van der Waals surface area contributed by atoms with E-state index >= 15 is 0 Å². The Morgan fingerprint density at radius 3 is 2.82 bits per heavy atom. The van der Waals surface area contributed by atoms with Crippen molar-refractivity contribution in [2.24, 2.45) is 0 Å². The minimum Gasteiger partial charge on any atom is -0.444 e. The fraction of sp³-hybridized carbons (Fsp3) is 0.562. The minimum absolute atomic E-state index is 0.114. The van der Waals surface area contributed by atoms with E-state index in [-0.39, 0.29) is 5.69 Å². The first kappa shape index (κ1) is 16.5. The van der Waals surface area contributed by atoms with Gasteiger partial charge in [-0.1, -0.05) is 0 Å². The number of hydrogen-bond acceptors (Lipinski definition) is 4. The molecule has 1 aliphatic rings. The Hall–Kier alpha value is -1.82. The van der Waals surface area contributed by atoms with Crippen LogP contribution in [-0.4, -0.2) is 30.8 Å². The minimum atomic E-state index is -0.664. The highest BCUT2D eigenvalue weighted by molar-refractivity contribution is 5.85. The van der Waals surface area contributed by atoms with Gasteiger partial charge in [-0.15, -0.1) is 0 Å². The lowest BCUT2D eigenvalue weighted by molar-refractivity contribution is 0.0635. The van der Waals surface area contributed by atoms with Gasteiger partial charge in [-0.2, -0.15) is 0 Å². The van der Waals surface area contributed by atoms with E-state index in [1.54, 1.807) is 32.9 Å². The van der Waals surface area contributed by atoms with Gasteiger partial charge in [0.25, 0.3) is 0 Å². The molecule has 1 unspecified atom stereocenters. The predicted molar refractivity (Wildman–Crippen MR) is 85.8 cm³/mol. The average molecular weight is 309 g/mol. The number of halogens is 1. The Kier molecular flexibility index (Phi) is 5.24. The number of anilines is 2. The van der Waals surface area contributed by atoms with Crippen LogP contribution in [0.1, 0.15) is 33.6 Å². The molecule has 1 aliphatic heterocycles. The smallest absolute Gasteiger partial charge is 0.412 e. The van der Waals surface area contributed by atoms with E-state index in [2.05, 4.69) is 16.0 Å². The van der Waals surface area contributed by atoms with Crippen molar-refractivity contribution in [2.75, 3.05) is 23.7 Å². The summed E-state index contributed by atoms with van der Waals surface area (Å²) in [5.74, 6) is -0.488. The van der Waals surface area contributed by atoms with Gasteiger partial charge in [0.1, 0.15) is 11.4 Å². The molecule has 1 heterocycles. The van der Waals surface area contributed by atoms with Crippen molar-refractivity contribution >= 4 is 17.5 Å². The summed E-state index contributed by atoms with van der Waals surface area (Å²) in [5.41, 5.74) is 0.272. The maximum atomic E-state index is 13.8. The Labute approximate surface area is 130 Å². The Bertz CT molecular complexity index is 523. The molecule has 1 atom stereocenters. The van der Waals surface area contributed by atoms with Crippen LogP contribution in [0.2, 0.25) is 0 Å². The van der Waals surface area contributed by atoms with Crippen LogP contribution in [0.5, 0.6) is 0 Å². The molecule has 1 aromatic rings. The van der Waals surface area contributed by atoms with Crippen LogP contribution in [0.3, 0.4) is 0 Å². The molecule has 0 bridgehead atoms. The van der Waals surface area contributed by atoms with Gasteiger partial charge in [-0.25, -0.2) is 9.18 Å². The molecule has 3 N–H and O–H groups in total. The zero-order valence-corrected chi connectivity index (χ0v) is 13.3. The summed E-state index contributed by atoms with van der Waals surface area (Å²) >= 11 is 0.